The molecule has 4 fully saturated rings. The van der Waals surface area contributed by atoms with Gasteiger partial charge in [-0.25, -0.2) is 0 Å². The minimum absolute atomic E-state index is 0.0204. The van der Waals surface area contributed by atoms with Crippen LogP contribution in [0.3, 0.4) is 0 Å². The molecule has 5 aliphatic rings. The van der Waals surface area contributed by atoms with E-state index in [9.17, 15) is 9.59 Å². The average Bonchev–Trinajstić information content (AvgIpc) is 3.16. The van der Waals surface area contributed by atoms with Gasteiger partial charge in [-0.2, -0.15) is 11.8 Å². The summed E-state index contributed by atoms with van der Waals surface area (Å²) in [6.07, 6.45) is 13.3. The molecule has 3 nitrogen and oxygen atoms in total. The van der Waals surface area contributed by atoms with Gasteiger partial charge in [-0.05, 0) is 80.4 Å². The van der Waals surface area contributed by atoms with Crippen LogP contribution >= 0.6 is 11.8 Å². The second kappa shape index (κ2) is 5.87. The van der Waals surface area contributed by atoms with Gasteiger partial charge in [0.25, 0.3) is 0 Å². The largest absolute Gasteiger partial charge is 0.458 e. The van der Waals surface area contributed by atoms with E-state index in [1.807, 2.05) is 17.8 Å². The van der Waals surface area contributed by atoms with E-state index in [1.54, 1.807) is 0 Å². The molecule has 0 aromatic carbocycles. The fraction of sp³-hybridized carbons (Fsp3) is 0.826. The third-order valence-electron chi connectivity index (χ3n) is 9.60. The number of carbonyl (C=O) groups excluding carboxylic acids is 2. The summed E-state index contributed by atoms with van der Waals surface area (Å²) < 4.78 is 6.07. The van der Waals surface area contributed by atoms with Crippen molar-refractivity contribution in [2.75, 3.05) is 6.26 Å². The van der Waals surface area contributed by atoms with Gasteiger partial charge in [0.05, 0.1) is 0 Å². The third kappa shape index (κ3) is 2.28. The molecular formula is C23H32O3S. The van der Waals surface area contributed by atoms with Crippen molar-refractivity contribution in [2.24, 2.45) is 28.6 Å². The Morgan fingerprint density at radius 1 is 1.04 bits per heavy atom. The molecule has 1 spiro atoms. The number of esters is 1. The molecule has 0 radical (unpaired) electrons. The van der Waals surface area contributed by atoms with Gasteiger partial charge >= 0.3 is 5.97 Å². The maximum atomic E-state index is 12.1. The van der Waals surface area contributed by atoms with Crippen LogP contribution < -0.4 is 0 Å². The molecule has 4 heteroatoms. The van der Waals surface area contributed by atoms with Gasteiger partial charge in [-0.1, -0.05) is 19.4 Å². The number of thioether (sulfide) groups is 1. The Hall–Kier alpha value is -0.770. The van der Waals surface area contributed by atoms with Crippen molar-refractivity contribution in [1.29, 1.82) is 0 Å². The summed E-state index contributed by atoms with van der Waals surface area (Å²) in [5, 5.41) is 0.595. The lowest BCUT2D eigenvalue weighted by atomic mass is 9.46. The normalized spacial score (nSPS) is 51.4. The zero-order valence-electron chi connectivity index (χ0n) is 16.9. The first-order valence-electron chi connectivity index (χ1n) is 10.8. The van der Waals surface area contributed by atoms with Crippen LogP contribution in [0.15, 0.2) is 11.6 Å². The van der Waals surface area contributed by atoms with Gasteiger partial charge in [0.1, 0.15) is 5.60 Å². The molecule has 0 amide bonds. The van der Waals surface area contributed by atoms with Crippen molar-refractivity contribution in [2.45, 2.75) is 82.5 Å². The molecule has 5 rings (SSSR count). The summed E-state index contributed by atoms with van der Waals surface area (Å²) >= 11 is 2.01. The Morgan fingerprint density at radius 2 is 1.81 bits per heavy atom. The monoisotopic (exact) mass is 388 g/mol. The second-order valence-electron chi connectivity index (χ2n) is 10.3. The lowest BCUT2D eigenvalue weighted by Crippen LogP contribution is -2.57. The van der Waals surface area contributed by atoms with Gasteiger partial charge < -0.3 is 4.74 Å². The number of carbonyl (C=O) groups is 2. The fourth-order valence-corrected chi connectivity index (χ4v) is 9.08. The molecule has 27 heavy (non-hydrogen) atoms. The molecule has 7 atom stereocenters. The Balaban J connectivity index is 1.54. The molecule has 1 saturated heterocycles. The number of ketones is 1. The van der Waals surface area contributed by atoms with Gasteiger partial charge in [-0.3, -0.25) is 9.59 Å². The maximum absolute atomic E-state index is 12.1. The van der Waals surface area contributed by atoms with Crippen LogP contribution in [0.4, 0.5) is 0 Å². The Kier molecular flexibility index (Phi) is 3.97. The van der Waals surface area contributed by atoms with E-state index in [2.05, 4.69) is 20.1 Å². The number of fused-ring (bicyclic) bond motifs is 6. The predicted octanol–water partition coefficient (Wildman–Crippen LogP) is 4.94. The SMILES string of the molecule is CSC1CC2=CC(=O)CC[C@]2(C)[C@H]2CC[C@@]3(C)[C@@H](CC[C@@]34CCC(=O)O4)[C@H]12. The molecule has 0 aromatic heterocycles. The molecule has 3 saturated carbocycles. The standard InChI is InChI=1S/C23H32O3S/c1-21-8-4-15(24)12-14(21)13-18(27-3)20-16(21)5-9-22(2)17(20)6-10-23(22)11-7-19(25)26-23/h12,16-18,20H,4-11,13H2,1-3H3/t16-,17-,18?,20+,21-,22-,23+/m0/s1. The predicted molar refractivity (Wildman–Crippen MR) is 107 cm³/mol. The minimum atomic E-state index is -0.192. The van der Waals surface area contributed by atoms with Gasteiger partial charge in [0.15, 0.2) is 5.78 Å². The molecule has 1 unspecified atom stereocenters. The van der Waals surface area contributed by atoms with E-state index in [-0.39, 0.29) is 22.4 Å². The van der Waals surface area contributed by atoms with E-state index in [1.165, 1.54) is 24.8 Å². The first-order chi connectivity index (χ1) is 12.8. The molecule has 0 N–H and O–H groups in total. The maximum Gasteiger partial charge on any atom is 0.306 e. The minimum Gasteiger partial charge on any atom is -0.458 e. The van der Waals surface area contributed by atoms with E-state index in [0.29, 0.717) is 35.2 Å². The average molecular weight is 389 g/mol. The third-order valence-corrected chi connectivity index (χ3v) is 10.7. The number of hydrogen-bond acceptors (Lipinski definition) is 4. The molecule has 0 aromatic rings. The highest BCUT2D eigenvalue weighted by Crippen LogP contribution is 2.70. The number of hydrogen-bond donors (Lipinski definition) is 0. The second-order valence-corrected chi connectivity index (χ2v) is 11.4. The van der Waals surface area contributed by atoms with Crippen LogP contribution in [0.5, 0.6) is 0 Å². The van der Waals surface area contributed by atoms with E-state index >= 15 is 0 Å². The lowest BCUT2D eigenvalue weighted by Gasteiger charge is -2.61. The molecule has 148 valence electrons. The van der Waals surface area contributed by atoms with Crippen molar-refractivity contribution in [3.05, 3.63) is 11.6 Å². The van der Waals surface area contributed by atoms with Crippen LogP contribution in [0, 0.1) is 28.6 Å². The Bertz CT molecular complexity index is 729. The molecular weight excluding hydrogens is 356 g/mol. The first-order valence-corrected chi connectivity index (χ1v) is 12.1. The van der Waals surface area contributed by atoms with Crippen LogP contribution in [0.2, 0.25) is 0 Å². The Morgan fingerprint density at radius 3 is 2.52 bits per heavy atom. The van der Waals surface area contributed by atoms with E-state index < -0.39 is 0 Å². The summed E-state index contributed by atoms with van der Waals surface area (Å²) in [4.78, 5) is 24.1. The van der Waals surface area contributed by atoms with Gasteiger partial charge in [0.2, 0.25) is 0 Å². The van der Waals surface area contributed by atoms with Crippen LogP contribution in [0.25, 0.3) is 0 Å². The summed E-state index contributed by atoms with van der Waals surface area (Å²) in [5.41, 5.74) is 1.58. The highest BCUT2D eigenvalue weighted by molar-refractivity contribution is 7.99. The van der Waals surface area contributed by atoms with Gasteiger partial charge in [0, 0.05) is 23.5 Å². The van der Waals surface area contributed by atoms with Crippen LogP contribution in [0.1, 0.15) is 71.6 Å². The molecule has 1 aliphatic heterocycles. The summed E-state index contributed by atoms with van der Waals surface area (Å²) in [6, 6.07) is 0. The summed E-state index contributed by atoms with van der Waals surface area (Å²) in [7, 11) is 0. The van der Waals surface area contributed by atoms with Crippen molar-refractivity contribution < 1.29 is 14.3 Å². The molecule has 1 heterocycles. The summed E-state index contributed by atoms with van der Waals surface area (Å²) in [6.45, 7) is 4.89. The van der Waals surface area contributed by atoms with Crippen molar-refractivity contribution in [3.63, 3.8) is 0 Å². The quantitative estimate of drug-likeness (QED) is 0.597. The fourth-order valence-electron chi connectivity index (χ4n) is 8.04. The zero-order chi connectivity index (χ0) is 19.0. The van der Waals surface area contributed by atoms with Crippen LogP contribution in [-0.4, -0.2) is 28.9 Å². The van der Waals surface area contributed by atoms with Crippen molar-refractivity contribution in [1.82, 2.24) is 0 Å². The smallest absolute Gasteiger partial charge is 0.306 e. The highest BCUT2D eigenvalue weighted by atomic mass is 32.2. The van der Waals surface area contributed by atoms with E-state index in [0.717, 1.165) is 32.1 Å². The van der Waals surface area contributed by atoms with E-state index in [4.69, 9.17) is 4.74 Å². The first kappa shape index (κ1) is 18.3. The number of allylic oxidation sites excluding steroid dienone is 1. The van der Waals surface area contributed by atoms with Crippen LogP contribution in [-0.2, 0) is 14.3 Å². The zero-order valence-corrected chi connectivity index (χ0v) is 17.7. The number of rotatable bonds is 1. The lowest BCUT2D eigenvalue weighted by molar-refractivity contribution is -0.167. The highest BCUT2D eigenvalue weighted by Gasteiger charge is 2.68. The van der Waals surface area contributed by atoms with Crippen molar-refractivity contribution in [3.8, 4) is 0 Å². The summed E-state index contributed by atoms with van der Waals surface area (Å²) in [5.74, 6) is 2.36. The molecule has 0 bridgehead atoms. The van der Waals surface area contributed by atoms with Gasteiger partial charge in [-0.15, -0.1) is 0 Å². The molecule has 4 aliphatic carbocycles. The number of ether oxygens (including phenoxy) is 1. The topological polar surface area (TPSA) is 43.4 Å². The van der Waals surface area contributed by atoms with Crippen molar-refractivity contribution >= 4 is 23.5 Å². The Labute approximate surface area is 167 Å².